The van der Waals surface area contributed by atoms with Gasteiger partial charge in [-0.3, -0.25) is 15.0 Å². The van der Waals surface area contributed by atoms with Gasteiger partial charge in [-0.05, 0) is 48.9 Å². The van der Waals surface area contributed by atoms with E-state index in [1.165, 1.54) is 0 Å². The predicted molar refractivity (Wildman–Crippen MR) is 105 cm³/mol. The largest absolute Gasteiger partial charge is 0.375 e. The Bertz CT molecular complexity index is 874. The minimum Gasteiger partial charge on any atom is -0.375 e. The summed E-state index contributed by atoms with van der Waals surface area (Å²) in [5.74, 6) is -0.927. The number of halogens is 2. The molecule has 0 saturated carbocycles. The lowest BCUT2D eigenvalue weighted by Gasteiger charge is -2.16. The molecule has 3 rings (SSSR count). The summed E-state index contributed by atoms with van der Waals surface area (Å²) in [4.78, 5) is 27.0. The van der Waals surface area contributed by atoms with Crippen LogP contribution in [0.2, 0.25) is 10.0 Å². The van der Waals surface area contributed by atoms with Gasteiger partial charge in [0, 0.05) is 29.3 Å². The quantitative estimate of drug-likeness (QED) is 0.636. The Morgan fingerprint density at radius 2 is 1.69 bits per heavy atom. The molecule has 0 aliphatic carbocycles. The Morgan fingerprint density at radius 1 is 1.08 bits per heavy atom. The third-order valence-electron chi connectivity index (χ3n) is 4.12. The maximum absolute atomic E-state index is 12.6. The lowest BCUT2D eigenvalue weighted by molar-refractivity contribution is -0.117. The number of hydrogen-bond donors (Lipinski definition) is 1. The Kier molecular flexibility index (Phi) is 5.20. The van der Waals surface area contributed by atoms with Gasteiger partial charge in [-0.25, -0.2) is 5.01 Å². The van der Waals surface area contributed by atoms with Crippen molar-refractivity contribution in [3.63, 3.8) is 0 Å². The number of carbonyl (C=O) groups excluding carboxylic acids is 2. The van der Waals surface area contributed by atoms with Gasteiger partial charge in [-0.1, -0.05) is 35.3 Å². The summed E-state index contributed by atoms with van der Waals surface area (Å²) in [7, 11) is 2.00. The molecule has 1 fully saturated rings. The molecule has 0 spiro atoms. The standard InChI is InChI=1S/C19H17Cl2N3O2/c1-3-23(2)15-6-4-12(5-7-15)8-17-18(25)22-24(19(17)26)16-10-13(20)9-14(21)11-16/h4-11H,3H2,1-2H3,(H,22,25)/b17-8-. The highest BCUT2D eigenvalue weighted by Gasteiger charge is 2.34. The summed E-state index contributed by atoms with van der Waals surface area (Å²) in [6.45, 7) is 2.95. The summed E-state index contributed by atoms with van der Waals surface area (Å²) < 4.78 is 0. The van der Waals surface area contributed by atoms with Crippen molar-refractivity contribution in [3.8, 4) is 0 Å². The van der Waals surface area contributed by atoms with Crippen molar-refractivity contribution in [1.29, 1.82) is 0 Å². The number of hydrazine groups is 1. The van der Waals surface area contributed by atoms with Crippen molar-refractivity contribution < 1.29 is 9.59 Å². The van der Waals surface area contributed by atoms with Crippen molar-refractivity contribution in [2.75, 3.05) is 23.5 Å². The van der Waals surface area contributed by atoms with Crippen LogP contribution < -0.4 is 15.3 Å². The number of benzene rings is 2. The second-order valence-corrected chi connectivity index (χ2v) is 6.75. The normalized spacial score (nSPS) is 15.5. The highest BCUT2D eigenvalue weighted by atomic mass is 35.5. The van der Waals surface area contributed by atoms with Crippen LogP contribution in [0.4, 0.5) is 11.4 Å². The maximum atomic E-state index is 12.6. The van der Waals surface area contributed by atoms with Gasteiger partial charge in [-0.15, -0.1) is 0 Å². The third-order valence-corrected chi connectivity index (χ3v) is 4.55. The van der Waals surface area contributed by atoms with E-state index >= 15 is 0 Å². The first-order chi connectivity index (χ1) is 12.4. The number of amides is 2. The van der Waals surface area contributed by atoms with E-state index in [0.717, 1.165) is 22.8 Å². The fraction of sp³-hybridized carbons (Fsp3) is 0.158. The number of hydrogen-bond acceptors (Lipinski definition) is 3. The summed E-state index contributed by atoms with van der Waals surface area (Å²) in [5, 5.41) is 1.90. The van der Waals surface area contributed by atoms with Gasteiger partial charge in [0.05, 0.1) is 5.69 Å². The van der Waals surface area contributed by atoms with Crippen LogP contribution in [0.1, 0.15) is 12.5 Å². The van der Waals surface area contributed by atoms with Crippen molar-refractivity contribution in [3.05, 3.63) is 63.6 Å². The number of carbonyl (C=O) groups is 2. The molecule has 0 radical (unpaired) electrons. The van der Waals surface area contributed by atoms with Crippen molar-refractivity contribution in [1.82, 2.24) is 5.43 Å². The fourth-order valence-corrected chi connectivity index (χ4v) is 3.10. The zero-order valence-corrected chi connectivity index (χ0v) is 15.8. The van der Waals surface area contributed by atoms with E-state index in [2.05, 4.69) is 17.2 Å². The average Bonchev–Trinajstić information content (AvgIpc) is 2.89. The Labute approximate surface area is 161 Å². The molecule has 134 valence electrons. The zero-order valence-electron chi connectivity index (χ0n) is 14.3. The molecule has 2 aromatic rings. The van der Waals surface area contributed by atoms with E-state index in [9.17, 15) is 9.59 Å². The van der Waals surface area contributed by atoms with Crippen LogP contribution in [-0.2, 0) is 9.59 Å². The SMILES string of the molecule is CCN(C)c1ccc(/C=C2/C(=O)NN(c3cc(Cl)cc(Cl)c3)C2=O)cc1. The second kappa shape index (κ2) is 7.40. The van der Waals surface area contributed by atoms with E-state index < -0.39 is 11.8 Å². The molecular weight excluding hydrogens is 373 g/mol. The summed E-state index contributed by atoms with van der Waals surface area (Å²) in [6, 6.07) is 12.3. The van der Waals surface area contributed by atoms with Crippen LogP contribution in [0.25, 0.3) is 6.08 Å². The number of nitrogens with zero attached hydrogens (tertiary/aromatic N) is 2. The molecule has 1 heterocycles. The highest BCUT2D eigenvalue weighted by molar-refractivity contribution is 6.36. The molecule has 1 N–H and O–H groups in total. The molecule has 0 bridgehead atoms. The first kappa shape index (κ1) is 18.3. The first-order valence-corrected chi connectivity index (χ1v) is 8.79. The lowest BCUT2D eigenvalue weighted by atomic mass is 10.1. The Hall–Kier alpha value is -2.50. The molecule has 0 atom stereocenters. The predicted octanol–water partition coefficient (Wildman–Crippen LogP) is 3.91. The average molecular weight is 390 g/mol. The van der Waals surface area contributed by atoms with Crippen molar-refractivity contribution in [2.24, 2.45) is 0 Å². The van der Waals surface area contributed by atoms with Crippen molar-refractivity contribution in [2.45, 2.75) is 6.92 Å². The topological polar surface area (TPSA) is 52.7 Å². The van der Waals surface area contributed by atoms with Crippen LogP contribution in [-0.4, -0.2) is 25.4 Å². The molecule has 1 aliphatic heterocycles. The monoisotopic (exact) mass is 389 g/mol. The molecule has 2 amide bonds. The van der Waals surface area contributed by atoms with Crippen molar-refractivity contribution >= 4 is 52.5 Å². The van der Waals surface area contributed by atoms with Gasteiger partial charge >= 0.3 is 0 Å². The van der Waals surface area contributed by atoms with Gasteiger partial charge in [0.25, 0.3) is 11.8 Å². The van der Waals surface area contributed by atoms with Gasteiger partial charge in [-0.2, -0.15) is 0 Å². The van der Waals surface area contributed by atoms with E-state index in [4.69, 9.17) is 23.2 Å². The third kappa shape index (κ3) is 3.69. The summed E-state index contributed by atoms with van der Waals surface area (Å²) in [6.07, 6.45) is 1.57. The summed E-state index contributed by atoms with van der Waals surface area (Å²) >= 11 is 12.0. The molecule has 0 unspecified atom stereocenters. The molecule has 26 heavy (non-hydrogen) atoms. The van der Waals surface area contributed by atoms with E-state index in [0.29, 0.717) is 15.7 Å². The first-order valence-electron chi connectivity index (χ1n) is 8.03. The lowest BCUT2D eigenvalue weighted by Crippen LogP contribution is -2.35. The molecule has 2 aromatic carbocycles. The van der Waals surface area contributed by atoms with Crippen LogP contribution in [0.3, 0.4) is 0 Å². The van der Waals surface area contributed by atoms with Gasteiger partial charge in [0.2, 0.25) is 0 Å². The highest BCUT2D eigenvalue weighted by Crippen LogP contribution is 2.28. The van der Waals surface area contributed by atoms with Gasteiger partial charge in [0.1, 0.15) is 5.57 Å². The van der Waals surface area contributed by atoms with Gasteiger partial charge in [0.15, 0.2) is 0 Å². The zero-order chi connectivity index (χ0) is 18.8. The number of rotatable bonds is 4. The maximum Gasteiger partial charge on any atom is 0.282 e. The van der Waals surface area contributed by atoms with Crippen LogP contribution in [0, 0.1) is 0 Å². The molecule has 0 aromatic heterocycles. The fourth-order valence-electron chi connectivity index (χ4n) is 2.58. The number of anilines is 2. The molecule has 1 saturated heterocycles. The molecule has 7 heteroatoms. The molecule has 5 nitrogen and oxygen atoms in total. The van der Waals surface area contributed by atoms with E-state index in [1.54, 1.807) is 24.3 Å². The summed E-state index contributed by atoms with van der Waals surface area (Å²) in [5.41, 5.74) is 4.82. The second-order valence-electron chi connectivity index (χ2n) is 5.87. The van der Waals surface area contributed by atoms with Crippen LogP contribution in [0.15, 0.2) is 48.0 Å². The van der Waals surface area contributed by atoms with E-state index in [1.807, 2.05) is 31.3 Å². The smallest absolute Gasteiger partial charge is 0.282 e. The molecular formula is C19H17Cl2N3O2. The minimum atomic E-state index is -0.471. The molecule has 1 aliphatic rings. The number of nitrogens with one attached hydrogen (secondary N) is 1. The van der Waals surface area contributed by atoms with E-state index in [-0.39, 0.29) is 5.57 Å². The Morgan fingerprint density at radius 3 is 2.27 bits per heavy atom. The Balaban J connectivity index is 1.88. The van der Waals surface area contributed by atoms with Crippen LogP contribution >= 0.6 is 23.2 Å². The minimum absolute atomic E-state index is 0.0534. The van der Waals surface area contributed by atoms with Gasteiger partial charge < -0.3 is 4.90 Å². The van der Waals surface area contributed by atoms with Crippen LogP contribution in [0.5, 0.6) is 0 Å².